The third kappa shape index (κ3) is 5.50. The van der Waals surface area contributed by atoms with Gasteiger partial charge in [0.2, 0.25) is 0 Å². The largest absolute Gasteiger partial charge is 0.545 e. The molecule has 0 aromatic heterocycles. The molecule has 21 heavy (non-hydrogen) atoms. The molecule has 1 saturated heterocycles. The van der Waals surface area contributed by atoms with Crippen molar-refractivity contribution in [1.29, 1.82) is 0 Å². The lowest BCUT2D eigenvalue weighted by atomic mass is 10.2. The van der Waals surface area contributed by atoms with E-state index < -0.39 is 32.8 Å². The van der Waals surface area contributed by atoms with Crippen LogP contribution in [0.1, 0.15) is 10.4 Å². The second kappa shape index (κ2) is 7.87. The van der Waals surface area contributed by atoms with Crippen LogP contribution in [0.4, 0.5) is 11.4 Å². The number of benzene rings is 1. The first-order valence-corrected chi connectivity index (χ1v) is 5.96. The van der Waals surface area contributed by atoms with Gasteiger partial charge in [-0.1, -0.05) is 0 Å². The molecular formula is C11H13N3O7. The van der Waals surface area contributed by atoms with Crippen LogP contribution in [-0.2, 0) is 4.74 Å². The zero-order chi connectivity index (χ0) is 15.8. The zero-order valence-electron chi connectivity index (χ0n) is 10.9. The number of carbonyl (C=O) groups excluding carboxylic acids is 1. The molecule has 1 aliphatic rings. The first-order chi connectivity index (χ1) is 9.91. The molecule has 10 heteroatoms. The van der Waals surface area contributed by atoms with Gasteiger partial charge in [-0.15, -0.1) is 0 Å². The Morgan fingerprint density at radius 3 is 1.76 bits per heavy atom. The van der Waals surface area contributed by atoms with Crippen molar-refractivity contribution in [2.75, 3.05) is 26.3 Å². The Morgan fingerprint density at radius 2 is 1.52 bits per heavy atom. The predicted octanol–water partition coefficient (Wildman–Crippen LogP) is -1.55. The van der Waals surface area contributed by atoms with E-state index in [1.165, 1.54) is 0 Å². The van der Waals surface area contributed by atoms with Crippen molar-refractivity contribution in [3.8, 4) is 0 Å². The maximum Gasteiger partial charge on any atom is 0.276 e. The van der Waals surface area contributed by atoms with Crippen LogP contribution in [0.15, 0.2) is 18.2 Å². The SMILES string of the molecule is C1COCC[NH2+]1.O=C([O-])c1cc([N+](=O)[O-])cc([N+](=O)[O-])c1. The maximum absolute atomic E-state index is 10.4. The topological polar surface area (TPSA) is 152 Å². The highest BCUT2D eigenvalue weighted by molar-refractivity contribution is 5.87. The lowest BCUT2D eigenvalue weighted by molar-refractivity contribution is -0.670. The highest BCUT2D eigenvalue weighted by Gasteiger charge is 2.16. The summed E-state index contributed by atoms with van der Waals surface area (Å²) in [5, 5.41) is 33.3. The molecular weight excluding hydrogens is 286 g/mol. The molecule has 2 N–H and O–H groups in total. The Balaban J connectivity index is 0.000000304. The monoisotopic (exact) mass is 299 g/mol. The number of hydrogen-bond acceptors (Lipinski definition) is 7. The molecule has 1 aromatic carbocycles. The number of non-ortho nitro benzene ring substituents is 2. The van der Waals surface area contributed by atoms with Crippen LogP contribution in [0.2, 0.25) is 0 Å². The summed E-state index contributed by atoms with van der Waals surface area (Å²) in [4.78, 5) is 29.2. The number of rotatable bonds is 3. The third-order valence-corrected chi connectivity index (χ3v) is 2.49. The van der Waals surface area contributed by atoms with Crippen molar-refractivity contribution in [2.24, 2.45) is 0 Å². The number of carboxylic acids is 1. The van der Waals surface area contributed by atoms with Crippen LogP contribution in [0.5, 0.6) is 0 Å². The number of nitro benzene ring substituents is 2. The standard InChI is InChI=1S/C7H4N2O6.C4H9NO/c10-7(11)4-1-5(8(12)13)3-6(2-4)9(14)15;1-3-6-4-2-5-1/h1-3H,(H,10,11);5H,1-4H2. The summed E-state index contributed by atoms with van der Waals surface area (Å²) in [6, 6.07) is 2.07. The highest BCUT2D eigenvalue weighted by atomic mass is 16.6. The second-order valence-corrected chi connectivity index (χ2v) is 4.02. The van der Waals surface area contributed by atoms with Gasteiger partial charge in [0.05, 0.1) is 48.2 Å². The van der Waals surface area contributed by atoms with Crippen molar-refractivity contribution in [2.45, 2.75) is 0 Å². The van der Waals surface area contributed by atoms with Gasteiger partial charge in [-0.25, -0.2) is 0 Å². The van der Waals surface area contributed by atoms with Crippen LogP contribution >= 0.6 is 0 Å². The quantitative estimate of drug-likeness (QED) is 0.523. The van der Waals surface area contributed by atoms with Crippen molar-refractivity contribution in [1.82, 2.24) is 0 Å². The van der Waals surface area contributed by atoms with E-state index in [9.17, 15) is 30.1 Å². The van der Waals surface area contributed by atoms with E-state index in [1.807, 2.05) is 0 Å². The fourth-order valence-corrected chi connectivity index (χ4v) is 1.50. The number of nitro groups is 2. The Hall–Kier alpha value is -2.59. The summed E-state index contributed by atoms with van der Waals surface area (Å²) >= 11 is 0. The fourth-order valence-electron chi connectivity index (χ4n) is 1.50. The Morgan fingerprint density at radius 1 is 1.05 bits per heavy atom. The van der Waals surface area contributed by atoms with Gasteiger partial charge < -0.3 is 20.0 Å². The van der Waals surface area contributed by atoms with Crippen LogP contribution in [0, 0.1) is 20.2 Å². The highest BCUT2D eigenvalue weighted by Crippen LogP contribution is 2.22. The first-order valence-electron chi connectivity index (χ1n) is 5.96. The molecule has 0 amide bonds. The van der Waals surface area contributed by atoms with Gasteiger partial charge in [0, 0.05) is 17.7 Å². The molecule has 2 rings (SSSR count). The van der Waals surface area contributed by atoms with Crippen molar-refractivity contribution in [3.63, 3.8) is 0 Å². The number of hydrogen-bond donors (Lipinski definition) is 1. The lowest BCUT2D eigenvalue weighted by Crippen LogP contribution is -2.87. The van der Waals surface area contributed by atoms with Crippen LogP contribution in [-0.4, -0.2) is 42.1 Å². The molecule has 1 fully saturated rings. The molecule has 0 saturated carbocycles. The van der Waals surface area contributed by atoms with E-state index in [0.717, 1.165) is 26.3 Å². The van der Waals surface area contributed by atoms with E-state index in [1.54, 1.807) is 0 Å². The van der Waals surface area contributed by atoms with E-state index in [-0.39, 0.29) is 0 Å². The van der Waals surface area contributed by atoms with Crippen molar-refractivity contribution < 1.29 is 29.8 Å². The number of nitrogens with two attached hydrogens (primary N) is 1. The molecule has 0 atom stereocenters. The summed E-state index contributed by atoms with van der Waals surface area (Å²) in [5.74, 6) is -1.71. The van der Waals surface area contributed by atoms with Crippen LogP contribution < -0.4 is 10.4 Å². The number of quaternary nitrogens is 1. The lowest BCUT2D eigenvalue weighted by Gasteiger charge is -2.07. The molecule has 1 aliphatic heterocycles. The molecule has 114 valence electrons. The fraction of sp³-hybridized carbons (Fsp3) is 0.364. The van der Waals surface area contributed by atoms with Crippen LogP contribution in [0.3, 0.4) is 0 Å². The predicted molar refractivity (Wildman–Crippen MR) is 66.6 cm³/mol. The summed E-state index contributed by atoms with van der Waals surface area (Å²) in [6.45, 7) is 4.19. The number of carbonyl (C=O) groups is 1. The van der Waals surface area contributed by atoms with Gasteiger partial charge >= 0.3 is 0 Å². The third-order valence-electron chi connectivity index (χ3n) is 2.49. The average molecular weight is 299 g/mol. The molecule has 0 unspecified atom stereocenters. The summed E-state index contributed by atoms with van der Waals surface area (Å²) < 4.78 is 5.04. The summed E-state index contributed by atoms with van der Waals surface area (Å²) in [6.07, 6.45) is 0. The molecule has 0 aliphatic carbocycles. The minimum atomic E-state index is -1.71. The average Bonchev–Trinajstić information content (AvgIpc) is 2.49. The number of carboxylic acid groups (broad SMARTS) is 1. The van der Waals surface area contributed by atoms with Gasteiger partial charge in [0.15, 0.2) is 0 Å². The summed E-state index contributed by atoms with van der Waals surface area (Å²) in [7, 11) is 0. The number of nitrogens with zero attached hydrogens (tertiary/aromatic N) is 2. The van der Waals surface area contributed by atoms with Gasteiger partial charge in [0.1, 0.15) is 0 Å². The van der Waals surface area contributed by atoms with Gasteiger partial charge in [-0.2, -0.15) is 0 Å². The normalized spacial score (nSPS) is 13.7. The Kier molecular flexibility index (Phi) is 6.17. The smallest absolute Gasteiger partial charge is 0.276 e. The number of aromatic carboxylic acids is 1. The molecule has 0 spiro atoms. The van der Waals surface area contributed by atoms with Gasteiger partial charge in [-0.3, -0.25) is 20.2 Å². The minimum Gasteiger partial charge on any atom is -0.545 e. The molecule has 10 nitrogen and oxygen atoms in total. The molecule has 1 aromatic rings. The maximum atomic E-state index is 10.4. The molecule has 0 bridgehead atoms. The Bertz CT molecular complexity index is 452. The van der Waals surface area contributed by atoms with E-state index >= 15 is 0 Å². The summed E-state index contributed by atoms with van der Waals surface area (Å²) in [5.41, 5.74) is -1.93. The Labute approximate surface area is 118 Å². The van der Waals surface area contributed by atoms with Crippen molar-refractivity contribution in [3.05, 3.63) is 44.0 Å². The zero-order valence-corrected chi connectivity index (χ0v) is 10.9. The number of morpholine rings is 1. The van der Waals surface area contributed by atoms with E-state index in [4.69, 9.17) is 4.74 Å². The van der Waals surface area contributed by atoms with Gasteiger partial charge in [0.25, 0.3) is 11.4 Å². The second-order valence-electron chi connectivity index (χ2n) is 4.02. The van der Waals surface area contributed by atoms with Crippen LogP contribution in [0.25, 0.3) is 0 Å². The number of ether oxygens (including phenoxy) is 1. The van der Waals surface area contributed by atoms with E-state index in [2.05, 4.69) is 5.32 Å². The minimum absolute atomic E-state index is 0.601. The molecule has 1 heterocycles. The van der Waals surface area contributed by atoms with Crippen molar-refractivity contribution >= 4 is 17.3 Å². The molecule has 0 radical (unpaired) electrons. The van der Waals surface area contributed by atoms with E-state index in [0.29, 0.717) is 18.2 Å². The van der Waals surface area contributed by atoms with Gasteiger partial charge in [-0.05, 0) is 0 Å². The first kappa shape index (κ1) is 16.5.